The summed E-state index contributed by atoms with van der Waals surface area (Å²) in [6.45, 7) is 3.69. The van der Waals surface area contributed by atoms with Crippen LogP contribution in [0.4, 0.5) is 0 Å². The number of nitrogens with two attached hydrogens (primary N) is 1. The van der Waals surface area contributed by atoms with Gasteiger partial charge in [-0.25, -0.2) is 0 Å². The molecule has 5 heteroatoms. The zero-order chi connectivity index (χ0) is 8.85. The minimum Gasteiger partial charge on any atom is -0.329 e. The molecule has 0 rings (SSSR count). The van der Waals surface area contributed by atoms with Crippen LogP contribution in [0.1, 0.15) is 13.8 Å². The largest absolute Gasteiger partial charge is 0.329 e. The number of hydrogen-bond donors (Lipinski definition) is 2. The molecule has 0 heterocycles. The fourth-order valence-electron chi connectivity index (χ4n) is 0.801. The number of rotatable bonds is 5. The van der Waals surface area contributed by atoms with E-state index >= 15 is 0 Å². The Morgan fingerprint density at radius 3 is 2.00 bits per heavy atom. The second kappa shape index (κ2) is 7.42. The van der Waals surface area contributed by atoms with Crippen molar-refractivity contribution in [1.82, 2.24) is 5.32 Å². The van der Waals surface area contributed by atoms with E-state index in [9.17, 15) is 9.59 Å². The van der Waals surface area contributed by atoms with Crippen LogP contribution in [0.5, 0.6) is 0 Å². The van der Waals surface area contributed by atoms with Gasteiger partial charge in [0.1, 0.15) is 6.04 Å². The summed E-state index contributed by atoms with van der Waals surface area (Å²) in [6.07, 6.45) is 0. The summed E-state index contributed by atoms with van der Waals surface area (Å²) in [5, 5.41) is 2.74. The van der Waals surface area contributed by atoms with Gasteiger partial charge in [0.2, 0.25) is 0 Å². The van der Waals surface area contributed by atoms with Crippen LogP contribution < -0.4 is 11.1 Å². The molecule has 0 aromatic carbocycles. The summed E-state index contributed by atoms with van der Waals surface area (Å²) in [6, 6.07) is -0.668. The van der Waals surface area contributed by atoms with Crippen molar-refractivity contribution in [2.75, 3.05) is 13.1 Å². The monoisotopic (exact) mass is 217 g/mol. The summed E-state index contributed by atoms with van der Waals surface area (Å²) in [4.78, 5) is 21.5. The Labute approximate surface area is 82.5 Å². The quantitative estimate of drug-likeness (QED) is 0.584. The van der Waals surface area contributed by atoms with Crippen LogP contribution in [0.25, 0.3) is 0 Å². The van der Waals surface area contributed by atoms with E-state index in [0.717, 1.165) is 0 Å². The second-order valence-electron chi connectivity index (χ2n) is 2.40. The Bertz CT molecular complexity index is 147. The molecule has 0 aliphatic heterocycles. The van der Waals surface area contributed by atoms with E-state index in [1.54, 1.807) is 0 Å². The van der Waals surface area contributed by atoms with Crippen LogP contribution in [0.2, 0.25) is 0 Å². The van der Waals surface area contributed by atoms with E-state index in [1.165, 1.54) is 13.8 Å². The molecular weight excluding hydrogens is 203 g/mol. The van der Waals surface area contributed by atoms with Crippen molar-refractivity contribution in [3.63, 3.8) is 0 Å². The molecule has 0 saturated carbocycles. The van der Waals surface area contributed by atoms with E-state index in [4.69, 9.17) is 5.73 Å². The van der Waals surface area contributed by atoms with Crippen LogP contribution in [0, 0.1) is 0 Å². The average Bonchev–Trinajstić information content (AvgIpc) is 1.87. The predicted molar refractivity (Wildman–Crippen MR) is 42.2 cm³/mol. The maximum atomic E-state index is 10.8. The summed E-state index contributed by atoms with van der Waals surface area (Å²) >= 11 is 0. The van der Waals surface area contributed by atoms with Gasteiger partial charge in [-0.3, -0.25) is 9.59 Å². The number of carbonyl (C=O) groups is 2. The van der Waals surface area contributed by atoms with E-state index < -0.39 is 6.04 Å². The number of carbonyl (C=O) groups excluding carboxylic acids is 2. The van der Waals surface area contributed by atoms with Gasteiger partial charge in [-0.05, 0) is 13.8 Å². The molecule has 0 atom stereocenters. The maximum Gasteiger partial charge on any atom is 0.154 e. The molecule has 0 aliphatic carbocycles. The molecule has 0 aromatic rings. The van der Waals surface area contributed by atoms with Crippen LogP contribution in [-0.2, 0) is 26.4 Å². The molecule has 4 nitrogen and oxygen atoms in total. The van der Waals surface area contributed by atoms with Crippen LogP contribution in [-0.4, -0.2) is 30.7 Å². The topological polar surface area (TPSA) is 72.2 Å². The van der Waals surface area contributed by atoms with E-state index in [1.807, 2.05) is 0 Å². The van der Waals surface area contributed by atoms with Gasteiger partial charge in [-0.1, -0.05) is 0 Å². The molecule has 0 spiro atoms. The molecule has 0 unspecified atom stereocenters. The van der Waals surface area contributed by atoms with Gasteiger partial charge in [0, 0.05) is 29.9 Å². The second-order valence-corrected chi connectivity index (χ2v) is 2.40. The first-order valence-corrected chi connectivity index (χ1v) is 3.54. The normalized spacial score (nSPS) is 9.33. The third kappa shape index (κ3) is 5.42. The Morgan fingerprint density at radius 1 is 1.33 bits per heavy atom. The molecule has 1 radical (unpaired) electrons. The summed E-state index contributed by atoms with van der Waals surface area (Å²) in [7, 11) is 0. The Morgan fingerprint density at radius 2 is 1.75 bits per heavy atom. The fraction of sp³-hybridized carbons (Fsp3) is 0.714. The fourth-order valence-corrected chi connectivity index (χ4v) is 0.801. The van der Waals surface area contributed by atoms with Crippen molar-refractivity contribution in [3.05, 3.63) is 0 Å². The first-order chi connectivity index (χ1) is 5.09. The van der Waals surface area contributed by atoms with Crippen molar-refractivity contribution >= 4 is 11.6 Å². The SMILES string of the molecule is CC(=O)C(NCCN)C(C)=O.[Co]. The third-order valence-corrected chi connectivity index (χ3v) is 1.31. The van der Waals surface area contributed by atoms with Crippen LogP contribution in [0.15, 0.2) is 0 Å². The van der Waals surface area contributed by atoms with E-state index in [-0.39, 0.29) is 28.3 Å². The van der Waals surface area contributed by atoms with Gasteiger partial charge in [0.15, 0.2) is 11.6 Å². The summed E-state index contributed by atoms with van der Waals surface area (Å²) in [5.74, 6) is -0.322. The van der Waals surface area contributed by atoms with E-state index in [2.05, 4.69) is 5.32 Å². The smallest absolute Gasteiger partial charge is 0.154 e. The van der Waals surface area contributed by atoms with Gasteiger partial charge in [-0.15, -0.1) is 0 Å². The van der Waals surface area contributed by atoms with Gasteiger partial charge < -0.3 is 11.1 Å². The Balaban J connectivity index is 0. The molecule has 73 valence electrons. The molecular formula is C7H14CoN2O2. The molecule has 0 amide bonds. The van der Waals surface area contributed by atoms with Crippen LogP contribution >= 0.6 is 0 Å². The van der Waals surface area contributed by atoms with Gasteiger partial charge in [0.05, 0.1) is 0 Å². The van der Waals surface area contributed by atoms with Crippen molar-refractivity contribution in [1.29, 1.82) is 0 Å². The van der Waals surface area contributed by atoms with Crippen LogP contribution in [0.3, 0.4) is 0 Å². The minimum atomic E-state index is -0.668. The molecule has 0 fully saturated rings. The standard InChI is InChI=1S/C7H14N2O2.Co/c1-5(10)7(6(2)11)9-4-3-8;/h7,9H,3-4,8H2,1-2H3;. The summed E-state index contributed by atoms with van der Waals surface area (Å²) in [5.41, 5.74) is 5.19. The number of Topliss-reactive ketones (excluding diaryl/α,β-unsaturated/α-hetero) is 2. The zero-order valence-electron chi connectivity index (χ0n) is 7.22. The van der Waals surface area contributed by atoms with Gasteiger partial charge >= 0.3 is 0 Å². The van der Waals surface area contributed by atoms with Crippen molar-refractivity contribution in [3.8, 4) is 0 Å². The first-order valence-electron chi connectivity index (χ1n) is 3.54. The van der Waals surface area contributed by atoms with Crippen molar-refractivity contribution < 1.29 is 26.4 Å². The zero-order valence-corrected chi connectivity index (χ0v) is 8.26. The van der Waals surface area contributed by atoms with Gasteiger partial charge in [0.25, 0.3) is 0 Å². The van der Waals surface area contributed by atoms with Crippen molar-refractivity contribution in [2.24, 2.45) is 5.73 Å². The Hall–Kier alpha value is -0.234. The Kier molecular flexibility index (Phi) is 8.84. The van der Waals surface area contributed by atoms with E-state index in [0.29, 0.717) is 13.1 Å². The average molecular weight is 217 g/mol. The number of ketones is 2. The molecule has 3 N–H and O–H groups in total. The first kappa shape index (κ1) is 14.3. The van der Waals surface area contributed by atoms with Gasteiger partial charge in [-0.2, -0.15) is 0 Å². The molecule has 0 saturated heterocycles. The number of nitrogens with one attached hydrogen (secondary N) is 1. The minimum absolute atomic E-state index is 0. The van der Waals surface area contributed by atoms with Crippen molar-refractivity contribution in [2.45, 2.75) is 19.9 Å². The molecule has 0 aliphatic rings. The molecule has 0 bridgehead atoms. The molecule has 0 aromatic heterocycles. The number of hydrogen-bond acceptors (Lipinski definition) is 4. The molecule has 12 heavy (non-hydrogen) atoms. The maximum absolute atomic E-state index is 10.8. The predicted octanol–water partition coefficient (Wildman–Crippen LogP) is -0.921. The third-order valence-electron chi connectivity index (χ3n) is 1.31. The summed E-state index contributed by atoms with van der Waals surface area (Å²) < 4.78 is 0.